The number of benzene rings is 2. The molecule has 152 valence electrons. The number of ether oxygens (including phenoxy) is 1. The van der Waals surface area contributed by atoms with Gasteiger partial charge in [-0.05, 0) is 35.8 Å². The topological polar surface area (TPSA) is 43.4 Å². The third-order valence-corrected chi connectivity index (χ3v) is 4.95. The standard InChI is InChI=1S/C13H18O2.C12H16O/c1-10(2)12(13(14)15-3)9-11-7-5-4-6-8-11;1-10(2)12(9-13)8-11-6-4-3-5-7-11/h4-8,10,12H,9H2,1-3H3;3-7,9-10,12H,8H2,1-2H3/t2*12-/m01/s1. The smallest absolute Gasteiger partial charge is 0.309 e. The number of carbonyl (C=O) groups excluding carboxylic acids is 2. The zero-order chi connectivity index (χ0) is 20.9. The maximum atomic E-state index is 11.5. The number of methoxy groups -OCH3 is 1. The van der Waals surface area contributed by atoms with Crippen LogP contribution in [0.15, 0.2) is 60.7 Å². The lowest BCUT2D eigenvalue weighted by Gasteiger charge is -2.18. The Kier molecular flexibility index (Phi) is 10.9. The predicted molar refractivity (Wildman–Crippen MR) is 115 cm³/mol. The first-order chi connectivity index (χ1) is 13.4. The average Bonchev–Trinajstić information content (AvgIpc) is 2.71. The van der Waals surface area contributed by atoms with E-state index in [9.17, 15) is 9.59 Å². The van der Waals surface area contributed by atoms with E-state index in [4.69, 9.17) is 4.74 Å². The molecule has 3 heteroatoms. The van der Waals surface area contributed by atoms with Crippen LogP contribution in [0.2, 0.25) is 0 Å². The number of rotatable bonds is 8. The molecule has 0 aliphatic heterocycles. The summed E-state index contributed by atoms with van der Waals surface area (Å²) in [5.41, 5.74) is 2.43. The van der Waals surface area contributed by atoms with E-state index < -0.39 is 0 Å². The molecule has 0 aliphatic rings. The summed E-state index contributed by atoms with van der Waals surface area (Å²) < 4.78 is 4.81. The Hall–Kier alpha value is -2.42. The minimum absolute atomic E-state index is 0.0441. The second kappa shape index (κ2) is 12.9. The van der Waals surface area contributed by atoms with Gasteiger partial charge in [0, 0.05) is 5.92 Å². The number of hydrogen-bond donors (Lipinski definition) is 0. The molecule has 2 atom stereocenters. The highest BCUT2D eigenvalue weighted by Crippen LogP contribution is 2.18. The highest BCUT2D eigenvalue weighted by molar-refractivity contribution is 5.72. The molecule has 2 aromatic rings. The second-order valence-corrected chi connectivity index (χ2v) is 7.80. The van der Waals surface area contributed by atoms with E-state index in [0.29, 0.717) is 11.8 Å². The molecule has 0 spiro atoms. The number of carbonyl (C=O) groups is 2. The molecule has 0 radical (unpaired) electrons. The van der Waals surface area contributed by atoms with Crippen molar-refractivity contribution < 1.29 is 14.3 Å². The quantitative estimate of drug-likeness (QED) is 0.455. The molecular weight excluding hydrogens is 348 g/mol. The van der Waals surface area contributed by atoms with Gasteiger partial charge in [-0.3, -0.25) is 4.79 Å². The Bertz CT molecular complexity index is 677. The molecule has 3 nitrogen and oxygen atoms in total. The lowest BCUT2D eigenvalue weighted by Crippen LogP contribution is -2.23. The first kappa shape index (κ1) is 23.6. The summed E-state index contributed by atoms with van der Waals surface area (Å²) >= 11 is 0. The van der Waals surface area contributed by atoms with Crippen molar-refractivity contribution in [3.05, 3.63) is 71.8 Å². The van der Waals surface area contributed by atoms with E-state index in [1.54, 1.807) is 0 Å². The van der Waals surface area contributed by atoms with Crippen molar-refractivity contribution in [3.63, 3.8) is 0 Å². The van der Waals surface area contributed by atoms with E-state index in [-0.39, 0.29) is 17.8 Å². The normalized spacial score (nSPS) is 12.7. The van der Waals surface area contributed by atoms with Gasteiger partial charge in [0.05, 0.1) is 13.0 Å². The first-order valence-electron chi connectivity index (χ1n) is 10.00. The maximum absolute atomic E-state index is 11.5. The van der Waals surface area contributed by atoms with Gasteiger partial charge in [-0.1, -0.05) is 88.4 Å². The highest BCUT2D eigenvalue weighted by atomic mass is 16.5. The lowest BCUT2D eigenvalue weighted by atomic mass is 9.89. The van der Waals surface area contributed by atoms with Gasteiger partial charge in [-0.2, -0.15) is 0 Å². The summed E-state index contributed by atoms with van der Waals surface area (Å²) in [6.45, 7) is 8.26. The Balaban J connectivity index is 0.000000283. The van der Waals surface area contributed by atoms with Gasteiger partial charge in [-0.25, -0.2) is 0 Å². The van der Waals surface area contributed by atoms with E-state index in [0.717, 1.165) is 19.1 Å². The molecule has 0 aromatic heterocycles. The van der Waals surface area contributed by atoms with Crippen molar-refractivity contribution in [2.45, 2.75) is 40.5 Å². The minimum atomic E-state index is -0.117. The molecule has 2 aromatic carbocycles. The van der Waals surface area contributed by atoms with Crippen molar-refractivity contribution in [1.29, 1.82) is 0 Å². The van der Waals surface area contributed by atoms with Gasteiger partial charge >= 0.3 is 5.97 Å². The van der Waals surface area contributed by atoms with Gasteiger partial charge in [0.15, 0.2) is 0 Å². The van der Waals surface area contributed by atoms with Gasteiger partial charge < -0.3 is 9.53 Å². The molecule has 0 bridgehead atoms. The van der Waals surface area contributed by atoms with Crippen LogP contribution in [0.1, 0.15) is 38.8 Å². The fourth-order valence-electron chi connectivity index (χ4n) is 2.94. The molecule has 0 aliphatic carbocycles. The van der Waals surface area contributed by atoms with Crippen molar-refractivity contribution in [2.75, 3.05) is 7.11 Å². The Labute approximate surface area is 170 Å². The molecule has 0 saturated heterocycles. The summed E-state index contributed by atoms with van der Waals surface area (Å²) in [5.74, 6) is 0.726. The zero-order valence-electron chi connectivity index (χ0n) is 17.8. The fraction of sp³-hybridized carbons (Fsp3) is 0.440. The monoisotopic (exact) mass is 382 g/mol. The molecule has 28 heavy (non-hydrogen) atoms. The summed E-state index contributed by atoms with van der Waals surface area (Å²) in [6, 6.07) is 20.2. The third-order valence-electron chi connectivity index (χ3n) is 4.95. The van der Waals surface area contributed by atoms with Gasteiger partial charge in [0.1, 0.15) is 6.29 Å². The van der Waals surface area contributed by atoms with Crippen LogP contribution in [-0.4, -0.2) is 19.4 Å². The SMILES string of the molecule is CC(C)[C@@H](C=O)Cc1ccccc1.COC(=O)[C@@H](Cc1ccccc1)C(C)C. The summed E-state index contributed by atoms with van der Waals surface area (Å²) in [6.07, 6.45) is 2.69. The van der Waals surface area contributed by atoms with Crippen molar-refractivity contribution in [1.82, 2.24) is 0 Å². The van der Waals surface area contributed by atoms with E-state index >= 15 is 0 Å². The first-order valence-corrected chi connectivity index (χ1v) is 10.00. The molecule has 0 amide bonds. The predicted octanol–water partition coefficient (Wildman–Crippen LogP) is 5.37. The van der Waals surface area contributed by atoms with Crippen LogP contribution in [0.5, 0.6) is 0 Å². The molecular formula is C25H34O3. The Morgan fingerprint density at radius 3 is 1.64 bits per heavy atom. The maximum Gasteiger partial charge on any atom is 0.309 e. The zero-order valence-corrected chi connectivity index (χ0v) is 17.8. The van der Waals surface area contributed by atoms with Crippen LogP contribution in [0.3, 0.4) is 0 Å². The average molecular weight is 383 g/mol. The summed E-state index contributed by atoms with van der Waals surface area (Å²) in [5, 5.41) is 0. The van der Waals surface area contributed by atoms with E-state index in [1.807, 2.05) is 62.4 Å². The van der Waals surface area contributed by atoms with Crippen LogP contribution in [0, 0.1) is 23.7 Å². The molecule has 0 unspecified atom stereocenters. The second-order valence-electron chi connectivity index (χ2n) is 7.80. The number of aldehydes is 1. The summed E-state index contributed by atoms with van der Waals surface area (Å²) in [7, 11) is 1.45. The molecule has 0 N–H and O–H groups in total. The van der Waals surface area contributed by atoms with Gasteiger partial charge in [-0.15, -0.1) is 0 Å². The van der Waals surface area contributed by atoms with Crippen LogP contribution < -0.4 is 0 Å². The van der Waals surface area contributed by atoms with Crippen molar-refractivity contribution in [3.8, 4) is 0 Å². The molecule has 0 fully saturated rings. The fourth-order valence-corrected chi connectivity index (χ4v) is 2.94. The van der Waals surface area contributed by atoms with E-state index in [1.165, 1.54) is 18.2 Å². The van der Waals surface area contributed by atoms with Crippen LogP contribution in [0.4, 0.5) is 0 Å². The largest absolute Gasteiger partial charge is 0.469 e. The third kappa shape index (κ3) is 8.51. The van der Waals surface area contributed by atoms with Crippen molar-refractivity contribution in [2.24, 2.45) is 23.7 Å². The van der Waals surface area contributed by atoms with Crippen LogP contribution in [-0.2, 0) is 27.2 Å². The molecule has 0 heterocycles. The Morgan fingerprint density at radius 2 is 1.29 bits per heavy atom. The number of hydrogen-bond acceptors (Lipinski definition) is 3. The number of esters is 1. The van der Waals surface area contributed by atoms with Crippen LogP contribution in [0.25, 0.3) is 0 Å². The van der Waals surface area contributed by atoms with Gasteiger partial charge in [0.2, 0.25) is 0 Å². The highest BCUT2D eigenvalue weighted by Gasteiger charge is 2.22. The molecule has 2 rings (SSSR count). The minimum Gasteiger partial charge on any atom is -0.469 e. The van der Waals surface area contributed by atoms with E-state index in [2.05, 4.69) is 26.0 Å². The van der Waals surface area contributed by atoms with Crippen molar-refractivity contribution >= 4 is 12.3 Å². The lowest BCUT2D eigenvalue weighted by molar-refractivity contribution is -0.146. The Morgan fingerprint density at radius 1 is 0.821 bits per heavy atom. The van der Waals surface area contributed by atoms with Crippen LogP contribution >= 0.6 is 0 Å². The summed E-state index contributed by atoms with van der Waals surface area (Å²) in [4.78, 5) is 22.3. The molecule has 0 saturated carbocycles. The van der Waals surface area contributed by atoms with Gasteiger partial charge in [0.25, 0.3) is 0 Å².